The maximum absolute atomic E-state index is 14.8. The Hall–Kier alpha value is -1.99. The van der Waals surface area contributed by atoms with E-state index in [-0.39, 0.29) is 17.8 Å². The van der Waals surface area contributed by atoms with Crippen LogP contribution in [-0.2, 0) is 10.3 Å². The molecule has 1 aromatic carbocycles. The summed E-state index contributed by atoms with van der Waals surface area (Å²) in [5.41, 5.74) is 9.73. The second-order valence-electron chi connectivity index (χ2n) is 6.17. The van der Waals surface area contributed by atoms with Crippen LogP contribution in [0.5, 0.6) is 0 Å². The summed E-state index contributed by atoms with van der Waals surface area (Å²) in [5.74, 6) is 0.607. The van der Waals surface area contributed by atoms with E-state index >= 15 is 0 Å². The molecule has 0 aliphatic carbocycles. The number of nitrogens with zero attached hydrogens (tertiary/aromatic N) is 2. The van der Waals surface area contributed by atoms with Gasteiger partial charge in [-0.2, -0.15) is 0 Å². The minimum Gasteiger partial charge on any atom is -0.379 e. The van der Waals surface area contributed by atoms with E-state index in [0.29, 0.717) is 17.3 Å². The summed E-state index contributed by atoms with van der Waals surface area (Å²) in [5, 5.41) is 2.33. The van der Waals surface area contributed by atoms with E-state index in [4.69, 9.17) is 10.5 Å². The molecule has 0 spiro atoms. The summed E-state index contributed by atoms with van der Waals surface area (Å²) in [7, 11) is 0. The normalized spacial score (nSPS) is 31.6. The lowest BCUT2D eigenvalue weighted by Crippen LogP contribution is -2.42. The van der Waals surface area contributed by atoms with Gasteiger partial charge < -0.3 is 15.9 Å². The first kappa shape index (κ1) is 15.5. The molecule has 1 aromatic rings. The zero-order valence-electron chi connectivity index (χ0n) is 13.3. The molecule has 3 aliphatic heterocycles. The molecule has 0 bridgehead atoms. The molecule has 3 aliphatic rings. The summed E-state index contributed by atoms with van der Waals surface area (Å²) in [6.07, 6.45) is 7.53. The molecule has 7 heteroatoms. The number of rotatable bonds is 2. The second-order valence-corrected chi connectivity index (χ2v) is 7.21. The smallest absolute Gasteiger partial charge is 0.154 e. The predicted octanol–water partition coefficient (Wildman–Crippen LogP) is 2.47. The van der Waals surface area contributed by atoms with Gasteiger partial charge in [0.05, 0.1) is 18.4 Å². The third kappa shape index (κ3) is 2.39. The third-order valence-electron chi connectivity index (χ3n) is 4.82. The van der Waals surface area contributed by atoms with Crippen molar-refractivity contribution in [3.8, 4) is 0 Å². The first-order valence-corrected chi connectivity index (χ1v) is 8.87. The van der Waals surface area contributed by atoms with Crippen LogP contribution in [0, 0.1) is 11.7 Å². The number of benzene rings is 1. The van der Waals surface area contributed by atoms with Gasteiger partial charge in [-0.1, -0.05) is 11.8 Å². The van der Waals surface area contributed by atoms with Crippen LogP contribution >= 0.6 is 11.8 Å². The van der Waals surface area contributed by atoms with Crippen molar-refractivity contribution in [1.82, 2.24) is 5.43 Å². The molecule has 24 heavy (non-hydrogen) atoms. The maximum atomic E-state index is 14.8. The summed E-state index contributed by atoms with van der Waals surface area (Å²) in [6, 6.07) is 5.07. The number of hydrazine groups is 1. The van der Waals surface area contributed by atoms with Crippen molar-refractivity contribution in [3.05, 3.63) is 54.1 Å². The van der Waals surface area contributed by atoms with Crippen molar-refractivity contribution < 1.29 is 9.13 Å². The predicted molar refractivity (Wildman–Crippen MR) is 95.0 cm³/mol. The van der Waals surface area contributed by atoms with Crippen LogP contribution in [0.2, 0.25) is 0 Å². The van der Waals surface area contributed by atoms with Crippen molar-refractivity contribution in [1.29, 1.82) is 0 Å². The standard InChI is InChI=1S/C17H19FN4OS/c1-11-14-9-24-16(19)21-17(14,10-23-11)13-8-12(4-5-15(13)18)22-7-3-2-6-20-22/h2-8,11,14,20H,9-10H2,1H3,(H2,19,21)/t11-,14-,17-/m1/s1. The molecular weight excluding hydrogens is 327 g/mol. The number of amidine groups is 1. The molecule has 1 fully saturated rings. The van der Waals surface area contributed by atoms with Crippen LogP contribution in [0.1, 0.15) is 12.5 Å². The Morgan fingerprint density at radius 1 is 1.46 bits per heavy atom. The Balaban J connectivity index is 1.81. The fraction of sp³-hybridized carbons (Fsp3) is 0.353. The highest BCUT2D eigenvalue weighted by Gasteiger charge is 2.52. The Morgan fingerprint density at radius 3 is 3.12 bits per heavy atom. The number of halogens is 1. The van der Waals surface area contributed by atoms with Gasteiger partial charge in [-0.05, 0) is 37.3 Å². The van der Waals surface area contributed by atoms with E-state index in [0.717, 1.165) is 11.4 Å². The lowest BCUT2D eigenvalue weighted by molar-refractivity contribution is 0.107. The van der Waals surface area contributed by atoms with Crippen LogP contribution in [-0.4, -0.2) is 23.6 Å². The molecule has 3 atom stereocenters. The minimum absolute atomic E-state index is 0.0216. The Bertz CT molecular complexity index is 750. The van der Waals surface area contributed by atoms with Gasteiger partial charge in [0.1, 0.15) is 11.4 Å². The van der Waals surface area contributed by atoms with E-state index in [2.05, 4.69) is 10.4 Å². The van der Waals surface area contributed by atoms with Gasteiger partial charge in [-0.15, -0.1) is 0 Å². The number of nitrogens with two attached hydrogens (primary N) is 1. The highest BCUT2D eigenvalue weighted by molar-refractivity contribution is 8.13. The van der Waals surface area contributed by atoms with Crippen LogP contribution < -0.4 is 16.2 Å². The Kier molecular flexibility index (Phi) is 3.77. The van der Waals surface area contributed by atoms with Gasteiger partial charge >= 0.3 is 0 Å². The monoisotopic (exact) mass is 346 g/mol. The van der Waals surface area contributed by atoms with E-state index in [9.17, 15) is 4.39 Å². The molecule has 4 rings (SSSR count). The number of hydrogen-bond donors (Lipinski definition) is 2. The van der Waals surface area contributed by atoms with Crippen LogP contribution in [0.4, 0.5) is 10.1 Å². The van der Waals surface area contributed by atoms with Gasteiger partial charge in [-0.25, -0.2) is 9.38 Å². The van der Waals surface area contributed by atoms with Gasteiger partial charge in [0.15, 0.2) is 5.17 Å². The molecule has 3 heterocycles. The van der Waals surface area contributed by atoms with E-state index < -0.39 is 5.54 Å². The number of thioether (sulfide) groups is 1. The average molecular weight is 346 g/mol. The maximum Gasteiger partial charge on any atom is 0.154 e. The zero-order valence-corrected chi connectivity index (χ0v) is 14.1. The highest BCUT2D eigenvalue weighted by Crippen LogP contribution is 2.48. The quantitative estimate of drug-likeness (QED) is 0.861. The van der Waals surface area contributed by atoms with Crippen molar-refractivity contribution >= 4 is 22.6 Å². The first-order chi connectivity index (χ1) is 11.6. The molecule has 0 amide bonds. The van der Waals surface area contributed by atoms with Crippen molar-refractivity contribution in [3.63, 3.8) is 0 Å². The largest absolute Gasteiger partial charge is 0.379 e. The molecule has 0 saturated carbocycles. The fourth-order valence-corrected chi connectivity index (χ4v) is 4.64. The summed E-state index contributed by atoms with van der Waals surface area (Å²) < 4.78 is 20.6. The average Bonchev–Trinajstić information content (AvgIpc) is 2.93. The van der Waals surface area contributed by atoms with Crippen molar-refractivity contribution in [2.45, 2.75) is 18.6 Å². The van der Waals surface area contributed by atoms with Gasteiger partial charge in [0.2, 0.25) is 0 Å². The van der Waals surface area contributed by atoms with Crippen LogP contribution in [0.15, 0.2) is 47.7 Å². The molecule has 5 nitrogen and oxygen atoms in total. The SMILES string of the molecule is C[C@H]1OC[C@]2(c3cc(N4C=CC=CN4)ccc3F)N=C(N)SC[C@H]12. The Labute approximate surface area is 144 Å². The number of hydrogen-bond acceptors (Lipinski definition) is 6. The number of ether oxygens (including phenoxy) is 1. The lowest BCUT2D eigenvalue weighted by Gasteiger charge is -2.36. The number of aliphatic imine (C=N–C) groups is 1. The fourth-order valence-electron chi connectivity index (χ4n) is 3.51. The molecule has 126 valence electrons. The van der Waals surface area contributed by atoms with Crippen LogP contribution in [0.3, 0.4) is 0 Å². The summed E-state index contributed by atoms with van der Waals surface area (Å²) >= 11 is 1.51. The zero-order chi connectivity index (χ0) is 16.7. The van der Waals surface area contributed by atoms with Crippen molar-refractivity contribution in [2.24, 2.45) is 16.6 Å². The number of nitrogens with one attached hydrogen (secondary N) is 1. The minimum atomic E-state index is -0.746. The Morgan fingerprint density at radius 2 is 2.33 bits per heavy atom. The van der Waals surface area contributed by atoms with Gasteiger partial charge in [0, 0.05) is 29.6 Å². The molecule has 1 saturated heterocycles. The number of allylic oxidation sites excluding steroid dienone is 2. The van der Waals surface area contributed by atoms with E-state index in [1.165, 1.54) is 17.8 Å². The second kappa shape index (κ2) is 5.82. The molecule has 0 unspecified atom stereocenters. The lowest BCUT2D eigenvalue weighted by atomic mass is 9.79. The van der Waals surface area contributed by atoms with Gasteiger partial charge in [0.25, 0.3) is 0 Å². The summed E-state index contributed by atoms with van der Waals surface area (Å²) in [4.78, 5) is 4.66. The van der Waals surface area contributed by atoms with Crippen molar-refractivity contribution in [2.75, 3.05) is 17.4 Å². The number of anilines is 1. The molecular formula is C17H19FN4OS. The van der Waals surface area contributed by atoms with E-state index in [1.54, 1.807) is 6.07 Å². The van der Waals surface area contributed by atoms with E-state index in [1.807, 2.05) is 42.6 Å². The third-order valence-corrected chi connectivity index (χ3v) is 5.73. The van der Waals surface area contributed by atoms with Crippen LogP contribution in [0.25, 0.3) is 0 Å². The highest BCUT2D eigenvalue weighted by atomic mass is 32.2. The van der Waals surface area contributed by atoms with Gasteiger partial charge in [-0.3, -0.25) is 5.01 Å². The topological polar surface area (TPSA) is 62.9 Å². The molecule has 0 aromatic heterocycles. The first-order valence-electron chi connectivity index (χ1n) is 7.89. The summed E-state index contributed by atoms with van der Waals surface area (Å²) in [6.45, 7) is 2.37. The molecule has 0 radical (unpaired) electrons. The number of fused-ring (bicyclic) bond motifs is 1. The molecule has 3 N–H and O–H groups in total.